The zero-order chi connectivity index (χ0) is 19.7. The van der Waals surface area contributed by atoms with Gasteiger partial charge in [0.2, 0.25) is 5.13 Å². The van der Waals surface area contributed by atoms with E-state index in [1.54, 1.807) is 16.8 Å². The van der Waals surface area contributed by atoms with Gasteiger partial charge in [0.25, 0.3) is 5.91 Å². The Balaban J connectivity index is 1.72. The first kappa shape index (κ1) is 18.1. The summed E-state index contributed by atoms with van der Waals surface area (Å²) in [5, 5.41) is 7.75. The molecule has 6 nitrogen and oxygen atoms in total. The van der Waals surface area contributed by atoms with Gasteiger partial charge in [-0.15, -0.1) is 0 Å². The average molecular weight is 396 g/mol. The molecule has 28 heavy (non-hydrogen) atoms. The molecule has 2 aromatic carbocycles. The number of para-hydroxylation sites is 1. The van der Waals surface area contributed by atoms with Crippen LogP contribution in [0.5, 0.6) is 5.75 Å². The van der Waals surface area contributed by atoms with E-state index in [2.05, 4.69) is 15.4 Å². The van der Waals surface area contributed by atoms with Crippen LogP contribution in [0.1, 0.15) is 23.0 Å². The van der Waals surface area contributed by atoms with E-state index < -0.39 is 11.7 Å². The molecule has 0 saturated carbocycles. The van der Waals surface area contributed by atoms with Gasteiger partial charge in [-0.2, -0.15) is 9.78 Å². The molecule has 0 saturated heterocycles. The predicted molar refractivity (Wildman–Crippen MR) is 107 cm³/mol. The van der Waals surface area contributed by atoms with Crippen LogP contribution in [0.3, 0.4) is 0 Å². The third-order valence-corrected chi connectivity index (χ3v) is 5.04. The first-order valence-corrected chi connectivity index (χ1v) is 9.53. The molecule has 0 unspecified atom stereocenters. The largest absolute Gasteiger partial charge is 0.492 e. The van der Waals surface area contributed by atoms with Crippen molar-refractivity contribution < 1.29 is 13.9 Å². The number of carbonyl (C=O) groups is 1. The smallest absolute Gasteiger partial charge is 0.259 e. The van der Waals surface area contributed by atoms with Gasteiger partial charge >= 0.3 is 0 Å². The molecule has 1 N–H and O–H groups in total. The Hall–Kier alpha value is -3.26. The van der Waals surface area contributed by atoms with Gasteiger partial charge in [-0.1, -0.05) is 29.5 Å². The molecule has 1 amide bonds. The molecule has 0 aliphatic heterocycles. The topological polar surface area (TPSA) is 69.0 Å². The lowest BCUT2D eigenvalue weighted by Crippen LogP contribution is -2.16. The van der Waals surface area contributed by atoms with Gasteiger partial charge in [-0.05, 0) is 38.1 Å². The number of nitrogens with one attached hydrogen (secondary N) is 1. The van der Waals surface area contributed by atoms with Crippen LogP contribution in [-0.2, 0) is 0 Å². The Kier molecular flexibility index (Phi) is 4.79. The molecule has 0 bridgehead atoms. The molecule has 0 aliphatic rings. The Morgan fingerprint density at radius 2 is 2.07 bits per heavy atom. The summed E-state index contributed by atoms with van der Waals surface area (Å²) >= 11 is 1.43. The van der Waals surface area contributed by atoms with E-state index in [1.165, 1.54) is 29.5 Å². The Labute approximate surface area is 164 Å². The fraction of sp³-hybridized carbons (Fsp3) is 0.150. The monoisotopic (exact) mass is 396 g/mol. The normalized spacial score (nSPS) is 11.0. The van der Waals surface area contributed by atoms with E-state index in [9.17, 15) is 9.18 Å². The van der Waals surface area contributed by atoms with E-state index in [0.29, 0.717) is 29.0 Å². The lowest BCUT2D eigenvalue weighted by atomic mass is 10.2. The van der Waals surface area contributed by atoms with Crippen LogP contribution in [0, 0.1) is 12.7 Å². The van der Waals surface area contributed by atoms with Crippen molar-refractivity contribution in [3.05, 3.63) is 65.6 Å². The number of hydrogen-bond donors (Lipinski definition) is 1. The van der Waals surface area contributed by atoms with E-state index in [1.807, 2.05) is 32.0 Å². The summed E-state index contributed by atoms with van der Waals surface area (Å²) in [5.74, 6) is -0.00872. The number of carbonyl (C=O) groups excluding carboxylic acids is 1. The lowest BCUT2D eigenvalue weighted by molar-refractivity contribution is 0.102. The number of fused-ring (bicyclic) bond motifs is 1. The SMILES string of the molecule is CCOc1cccc2sc(-n3nc(C)cc3NC(=O)c3ccccc3F)nc12. The van der Waals surface area contributed by atoms with Crippen LogP contribution in [0.4, 0.5) is 10.2 Å². The number of anilines is 1. The quantitative estimate of drug-likeness (QED) is 0.536. The van der Waals surface area contributed by atoms with Gasteiger partial charge in [-0.25, -0.2) is 9.37 Å². The number of ether oxygens (including phenoxy) is 1. The van der Waals surface area contributed by atoms with Crippen LogP contribution in [0.2, 0.25) is 0 Å². The molecule has 2 heterocycles. The maximum atomic E-state index is 13.9. The second kappa shape index (κ2) is 7.40. The molecule has 0 aliphatic carbocycles. The molecule has 0 spiro atoms. The van der Waals surface area contributed by atoms with Crippen LogP contribution < -0.4 is 10.1 Å². The summed E-state index contributed by atoms with van der Waals surface area (Å²) in [6.45, 7) is 4.27. The van der Waals surface area contributed by atoms with Crippen molar-refractivity contribution in [2.45, 2.75) is 13.8 Å². The summed E-state index contributed by atoms with van der Waals surface area (Å²) in [6, 6.07) is 13.3. The molecular weight excluding hydrogens is 379 g/mol. The van der Waals surface area contributed by atoms with Crippen LogP contribution in [0.25, 0.3) is 15.3 Å². The number of hydrogen-bond acceptors (Lipinski definition) is 5. The summed E-state index contributed by atoms with van der Waals surface area (Å²) < 4.78 is 22.1. The molecule has 0 atom stereocenters. The second-order valence-corrected chi connectivity index (χ2v) is 7.06. The fourth-order valence-electron chi connectivity index (χ4n) is 2.84. The highest BCUT2D eigenvalue weighted by Crippen LogP contribution is 2.32. The van der Waals surface area contributed by atoms with Gasteiger partial charge in [0, 0.05) is 6.07 Å². The van der Waals surface area contributed by atoms with Gasteiger partial charge in [0.1, 0.15) is 22.9 Å². The molecule has 0 fully saturated rings. The number of aryl methyl sites for hydroxylation is 1. The first-order chi connectivity index (χ1) is 13.6. The molecule has 4 aromatic rings. The van der Waals surface area contributed by atoms with Gasteiger partial charge in [0.05, 0.1) is 22.6 Å². The molecular formula is C20H17FN4O2S. The summed E-state index contributed by atoms with van der Waals surface area (Å²) in [5.41, 5.74) is 1.41. The maximum Gasteiger partial charge on any atom is 0.259 e. The van der Waals surface area contributed by atoms with Crippen LogP contribution >= 0.6 is 11.3 Å². The highest BCUT2D eigenvalue weighted by molar-refractivity contribution is 7.20. The Morgan fingerprint density at radius 3 is 2.86 bits per heavy atom. The van der Waals surface area contributed by atoms with Crippen LogP contribution in [0.15, 0.2) is 48.5 Å². The zero-order valence-corrected chi connectivity index (χ0v) is 16.1. The fourth-order valence-corrected chi connectivity index (χ4v) is 3.79. The van der Waals surface area contributed by atoms with Crippen molar-refractivity contribution in [3.63, 3.8) is 0 Å². The highest BCUT2D eigenvalue weighted by Gasteiger charge is 2.18. The van der Waals surface area contributed by atoms with E-state index in [4.69, 9.17) is 4.74 Å². The van der Waals surface area contributed by atoms with Crippen LogP contribution in [-0.4, -0.2) is 27.3 Å². The third kappa shape index (κ3) is 3.34. The summed E-state index contributed by atoms with van der Waals surface area (Å²) in [6.07, 6.45) is 0. The molecule has 0 radical (unpaired) electrons. The van der Waals surface area contributed by atoms with Crippen molar-refractivity contribution in [3.8, 4) is 10.9 Å². The average Bonchev–Trinajstić information content (AvgIpc) is 3.26. The molecule has 8 heteroatoms. The number of rotatable bonds is 5. The van der Waals surface area contributed by atoms with Crippen molar-refractivity contribution in [2.24, 2.45) is 0 Å². The first-order valence-electron chi connectivity index (χ1n) is 8.72. The highest BCUT2D eigenvalue weighted by atomic mass is 32.1. The minimum absolute atomic E-state index is 0.0316. The Bertz CT molecular complexity index is 1170. The Morgan fingerprint density at radius 1 is 1.25 bits per heavy atom. The van der Waals surface area contributed by atoms with Gasteiger partial charge in [0.15, 0.2) is 0 Å². The zero-order valence-electron chi connectivity index (χ0n) is 15.3. The minimum atomic E-state index is -0.580. The van der Waals surface area contributed by atoms with E-state index in [-0.39, 0.29) is 5.56 Å². The second-order valence-electron chi connectivity index (χ2n) is 6.05. The molecule has 142 valence electrons. The van der Waals surface area contributed by atoms with Crippen molar-refractivity contribution >= 4 is 33.3 Å². The van der Waals surface area contributed by atoms with Gasteiger partial charge in [-0.3, -0.25) is 4.79 Å². The van der Waals surface area contributed by atoms with Gasteiger partial charge < -0.3 is 10.1 Å². The number of amides is 1. The number of aromatic nitrogens is 3. The summed E-state index contributed by atoms with van der Waals surface area (Å²) in [7, 11) is 0. The summed E-state index contributed by atoms with van der Waals surface area (Å²) in [4.78, 5) is 17.2. The third-order valence-electron chi connectivity index (χ3n) is 4.04. The minimum Gasteiger partial charge on any atom is -0.492 e. The number of benzene rings is 2. The van der Waals surface area contributed by atoms with Crippen molar-refractivity contribution in [1.29, 1.82) is 0 Å². The van der Waals surface area contributed by atoms with Crippen molar-refractivity contribution in [2.75, 3.05) is 11.9 Å². The van der Waals surface area contributed by atoms with E-state index in [0.717, 1.165) is 10.2 Å². The number of thiazole rings is 1. The molecule has 2 aromatic heterocycles. The predicted octanol–water partition coefficient (Wildman–Crippen LogP) is 4.58. The number of halogens is 1. The van der Waals surface area contributed by atoms with E-state index >= 15 is 0 Å². The van der Waals surface area contributed by atoms with Crippen molar-refractivity contribution in [1.82, 2.24) is 14.8 Å². The molecule has 4 rings (SSSR count). The maximum absolute atomic E-state index is 13.9. The standard InChI is InChI=1S/C20H17FN4O2S/c1-3-27-15-9-6-10-16-18(15)23-20(28-16)25-17(11-12(2)24-25)22-19(26)13-7-4-5-8-14(13)21/h4-11H,3H2,1-2H3,(H,22,26). The lowest BCUT2D eigenvalue weighted by Gasteiger charge is -2.07. The number of nitrogens with zero attached hydrogens (tertiary/aromatic N) is 3.